The summed E-state index contributed by atoms with van der Waals surface area (Å²) in [6.45, 7) is 2.84. The Morgan fingerprint density at radius 2 is 2.05 bits per heavy atom. The molecule has 1 aliphatic carbocycles. The molecule has 0 radical (unpaired) electrons. The van der Waals surface area contributed by atoms with E-state index in [0.29, 0.717) is 10.9 Å². The van der Waals surface area contributed by atoms with Gasteiger partial charge < -0.3 is 5.32 Å². The van der Waals surface area contributed by atoms with Crippen LogP contribution < -0.4 is 5.32 Å². The second-order valence-electron chi connectivity index (χ2n) is 5.52. The molecule has 0 heterocycles. The molecule has 1 aromatic rings. The second-order valence-corrected chi connectivity index (χ2v) is 7.71. The van der Waals surface area contributed by atoms with E-state index >= 15 is 0 Å². The summed E-state index contributed by atoms with van der Waals surface area (Å²) in [5.41, 5.74) is 0.183. The maximum atomic E-state index is 14.1. The van der Waals surface area contributed by atoms with Gasteiger partial charge in [-0.05, 0) is 53.9 Å². The van der Waals surface area contributed by atoms with Crippen molar-refractivity contribution >= 4 is 27.7 Å². The van der Waals surface area contributed by atoms with Crippen LogP contribution in [0.1, 0.15) is 38.2 Å². The molecule has 1 atom stereocenters. The maximum Gasteiger partial charge on any atom is 0.143 e. The van der Waals surface area contributed by atoms with Crippen molar-refractivity contribution in [2.45, 2.75) is 50.3 Å². The molecular weight excluding hydrogens is 356 g/mol. The Morgan fingerprint density at radius 3 is 2.71 bits per heavy atom. The smallest absolute Gasteiger partial charge is 0.143 e. The lowest BCUT2D eigenvalue weighted by Crippen LogP contribution is -2.34. The van der Waals surface area contributed by atoms with Crippen molar-refractivity contribution in [1.29, 1.82) is 0 Å². The van der Waals surface area contributed by atoms with Gasteiger partial charge in [-0.3, -0.25) is 0 Å². The van der Waals surface area contributed by atoms with E-state index in [0.717, 1.165) is 17.5 Å². The number of rotatable bonds is 7. The largest absolute Gasteiger partial charge is 0.313 e. The minimum Gasteiger partial charge on any atom is -0.313 e. The van der Waals surface area contributed by atoms with Gasteiger partial charge in [0.25, 0.3) is 0 Å². The fourth-order valence-corrected chi connectivity index (χ4v) is 4.57. The zero-order valence-corrected chi connectivity index (χ0v) is 14.7. The van der Waals surface area contributed by atoms with E-state index < -0.39 is 11.6 Å². The van der Waals surface area contributed by atoms with Crippen LogP contribution in [0.3, 0.4) is 0 Å². The molecular formula is C16H22BrF2NS. The molecule has 1 N–H and O–H groups in total. The van der Waals surface area contributed by atoms with Gasteiger partial charge in [-0.15, -0.1) is 0 Å². The molecule has 21 heavy (non-hydrogen) atoms. The highest BCUT2D eigenvalue weighted by Gasteiger charge is 2.20. The molecule has 2 rings (SSSR count). The predicted molar refractivity (Wildman–Crippen MR) is 89.9 cm³/mol. The Morgan fingerprint density at radius 1 is 1.33 bits per heavy atom. The first-order chi connectivity index (χ1) is 10.1. The summed E-state index contributed by atoms with van der Waals surface area (Å²) < 4.78 is 28.3. The van der Waals surface area contributed by atoms with Crippen molar-refractivity contribution < 1.29 is 8.78 Å². The van der Waals surface area contributed by atoms with E-state index in [4.69, 9.17) is 0 Å². The summed E-state index contributed by atoms with van der Waals surface area (Å²) in [5.74, 6) is -0.0163. The van der Waals surface area contributed by atoms with E-state index in [9.17, 15) is 8.78 Å². The number of hydrogen-bond donors (Lipinski definition) is 1. The lowest BCUT2D eigenvalue weighted by atomic mass is 10.1. The van der Waals surface area contributed by atoms with Crippen LogP contribution in [-0.2, 0) is 6.42 Å². The molecule has 0 aliphatic heterocycles. The average molecular weight is 378 g/mol. The van der Waals surface area contributed by atoms with E-state index in [-0.39, 0.29) is 11.6 Å². The first kappa shape index (κ1) is 17.2. The van der Waals surface area contributed by atoms with Crippen molar-refractivity contribution in [1.82, 2.24) is 5.32 Å². The molecule has 0 aromatic heterocycles. The Labute approximate surface area is 138 Å². The molecule has 1 aromatic carbocycles. The van der Waals surface area contributed by atoms with Crippen molar-refractivity contribution in [2.24, 2.45) is 0 Å². The van der Waals surface area contributed by atoms with Crippen molar-refractivity contribution in [3.8, 4) is 0 Å². The Hall–Kier alpha value is -0.130. The number of halogens is 3. The number of hydrogen-bond acceptors (Lipinski definition) is 2. The summed E-state index contributed by atoms with van der Waals surface area (Å²) in [7, 11) is 0. The highest BCUT2D eigenvalue weighted by molar-refractivity contribution is 9.10. The fraction of sp³-hybridized carbons (Fsp3) is 0.625. The van der Waals surface area contributed by atoms with Gasteiger partial charge in [-0.2, -0.15) is 11.8 Å². The minimum absolute atomic E-state index is 0.110. The minimum atomic E-state index is -0.469. The van der Waals surface area contributed by atoms with Crippen LogP contribution in [-0.4, -0.2) is 23.6 Å². The maximum absolute atomic E-state index is 14.1. The molecule has 0 spiro atoms. The molecule has 118 valence electrons. The quantitative estimate of drug-likeness (QED) is 0.676. The first-order valence-electron chi connectivity index (χ1n) is 7.59. The third-order valence-electron chi connectivity index (χ3n) is 3.92. The Balaban J connectivity index is 1.99. The predicted octanol–water partition coefficient (Wildman–Crippen LogP) is 4.92. The normalized spacial score (nSPS) is 17.3. The standard InChI is InChI=1S/C16H22BrF2NS/c1-2-20-11(10-21-12-5-3-4-6-12)9-13-15(18)8-7-14(17)16(13)19/h7-8,11-12,20H,2-6,9-10H2,1H3. The second kappa shape index (κ2) is 8.49. The summed E-state index contributed by atoms with van der Waals surface area (Å²) in [4.78, 5) is 0. The van der Waals surface area contributed by atoms with Crippen LogP contribution in [0.15, 0.2) is 16.6 Å². The lowest BCUT2D eigenvalue weighted by Gasteiger charge is -2.20. The molecule has 1 nitrogen and oxygen atoms in total. The number of nitrogens with one attached hydrogen (secondary N) is 1. The van der Waals surface area contributed by atoms with Crippen LogP contribution >= 0.6 is 27.7 Å². The summed E-state index contributed by atoms with van der Waals surface area (Å²) >= 11 is 5.08. The number of thioether (sulfide) groups is 1. The molecule has 0 bridgehead atoms. The van der Waals surface area contributed by atoms with Gasteiger partial charge in [0.05, 0.1) is 4.47 Å². The van der Waals surface area contributed by atoms with Crippen molar-refractivity contribution in [3.63, 3.8) is 0 Å². The molecule has 1 fully saturated rings. The summed E-state index contributed by atoms with van der Waals surface area (Å²) in [5, 5.41) is 4.08. The average Bonchev–Trinajstić information content (AvgIpc) is 2.98. The number of likely N-dealkylation sites (N-methyl/N-ethyl adjacent to an activating group) is 1. The molecule has 5 heteroatoms. The van der Waals surface area contributed by atoms with Gasteiger partial charge in [-0.25, -0.2) is 8.78 Å². The monoisotopic (exact) mass is 377 g/mol. The van der Waals surface area contributed by atoms with Crippen LogP contribution in [0, 0.1) is 11.6 Å². The molecule has 1 unspecified atom stereocenters. The summed E-state index contributed by atoms with van der Waals surface area (Å²) in [6.07, 6.45) is 5.59. The van der Waals surface area contributed by atoms with Gasteiger partial charge in [0.15, 0.2) is 0 Å². The van der Waals surface area contributed by atoms with Crippen LogP contribution in [0.4, 0.5) is 8.78 Å². The molecule has 1 saturated carbocycles. The van der Waals surface area contributed by atoms with Crippen LogP contribution in [0.25, 0.3) is 0 Å². The fourth-order valence-electron chi connectivity index (χ4n) is 2.79. The summed E-state index contributed by atoms with van der Waals surface area (Å²) in [6, 6.07) is 2.86. The van der Waals surface area contributed by atoms with Crippen LogP contribution in [0.5, 0.6) is 0 Å². The third kappa shape index (κ3) is 4.93. The third-order valence-corrected chi connectivity index (χ3v) is 6.07. The van der Waals surface area contributed by atoms with E-state index in [2.05, 4.69) is 21.2 Å². The zero-order valence-electron chi connectivity index (χ0n) is 12.3. The zero-order chi connectivity index (χ0) is 15.2. The first-order valence-corrected chi connectivity index (χ1v) is 9.43. The van der Waals surface area contributed by atoms with E-state index in [1.54, 1.807) is 0 Å². The highest BCUT2D eigenvalue weighted by Crippen LogP contribution is 2.30. The Bertz CT molecular complexity index is 464. The van der Waals surface area contributed by atoms with Gasteiger partial charge in [-0.1, -0.05) is 19.8 Å². The van der Waals surface area contributed by atoms with Gasteiger partial charge in [0.1, 0.15) is 11.6 Å². The topological polar surface area (TPSA) is 12.0 Å². The molecule has 0 saturated heterocycles. The van der Waals surface area contributed by atoms with Gasteiger partial charge >= 0.3 is 0 Å². The van der Waals surface area contributed by atoms with Crippen LogP contribution in [0.2, 0.25) is 0 Å². The molecule has 1 aliphatic rings. The van der Waals surface area contributed by atoms with Crippen molar-refractivity contribution in [3.05, 3.63) is 33.8 Å². The SMILES string of the molecule is CCNC(CSC1CCCC1)Cc1c(F)ccc(Br)c1F. The van der Waals surface area contributed by atoms with E-state index in [1.807, 2.05) is 18.7 Å². The van der Waals surface area contributed by atoms with Crippen molar-refractivity contribution in [2.75, 3.05) is 12.3 Å². The van der Waals surface area contributed by atoms with E-state index in [1.165, 1.54) is 37.8 Å². The number of benzene rings is 1. The highest BCUT2D eigenvalue weighted by atomic mass is 79.9. The Kier molecular flexibility index (Phi) is 6.96. The lowest BCUT2D eigenvalue weighted by molar-refractivity contribution is 0.509. The van der Waals surface area contributed by atoms with Gasteiger partial charge in [0, 0.05) is 22.6 Å². The molecule has 0 amide bonds. The van der Waals surface area contributed by atoms with Gasteiger partial charge in [0.2, 0.25) is 0 Å².